The van der Waals surface area contributed by atoms with Gasteiger partial charge in [-0.2, -0.15) is 0 Å². The molecule has 1 saturated heterocycles. The summed E-state index contributed by atoms with van der Waals surface area (Å²) in [7, 11) is 0. The largest absolute Gasteiger partial charge is 0.419 e. The first-order valence-electron chi connectivity index (χ1n) is 8.34. The van der Waals surface area contributed by atoms with Gasteiger partial charge in [0.2, 0.25) is 17.7 Å². The van der Waals surface area contributed by atoms with Gasteiger partial charge in [0.25, 0.3) is 0 Å². The molecule has 0 spiro atoms. The maximum absolute atomic E-state index is 11.6. The van der Waals surface area contributed by atoms with Crippen LogP contribution >= 0.6 is 23.2 Å². The molecular formula is C17H20Cl2N4O2. The van der Waals surface area contributed by atoms with E-state index in [9.17, 15) is 4.79 Å². The molecule has 8 heteroatoms. The zero-order valence-electron chi connectivity index (χ0n) is 14.0. The molecule has 0 aliphatic carbocycles. The Morgan fingerprint density at radius 2 is 2.24 bits per heavy atom. The Morgan fingerprint density at radius 3 is 3.00 bits per heavy atom. The highest BCUT2D eigenvalue weighted by Crippen LogP contribution is 2.29. The van der Waals surface area contributed by atoms with Crippen LogP contribution in [0.1, 0.15) is 32.1 Å². The summed E-state index contributed by atoms with van der Waals surface area (Å²) in [6, 6.07) is 5.32. The van der Waals surface area contributed by atoms with Gasteiger partial charge in [0, 0.05) is 24.0 Å². The smallest absolute Gasteiger partial charge is 0.249 e. The predicted molar refractivity (Wildman–Crippen MR) is 96.5 cm³/mol. The van der Waals surface area contributed by atoms with E-state index in [2.05, 4.69) is 20.4 Å². The van der Waals surface area contributed by atoms with Crippen LogP contribution in [0.2, 0.25) is 10.0 Å². The molecule has 1 aliphatic rings. The van der Waals surface area contributed by atoms with Gasteiger partial charge >= 0.3 is 0 Å². The number of amides is 1. The summed E-state index contributed by atoms with van der Waals surface area (Å²) in [5.41, 5.74) is 0.663. The van der Waals surface area contributed by atoms with E-state index in [0.29, 0.717) is 40.4 Å². The van der Waals surface area contributed by atoms with Crippen LogP contribution in [0, 0.1) is 0 Å². The van der Waals surface area contributed by atoms with Crippen LogP contribution in [-0.2, 0) is 11.3 Å². The lowest BCUT2D eigenvalue weighted by molar-refractivity contribution is -0.121. The molecule has 25 heavy (non-hydrogen) atoms. The highest BCUT2D eigenvalue weighted by molar-refractivity contribution is 6.36. The fraction of sp³-hybridized carbons (Fsp3) is 0.471. The molecule has 2 aromatic rings. The number of likely N-dealkylation sites (tertiary alicyclic amines) is 1. The van der Waals surface area contributed by atoms with E-state index in [4.69, 9.17) is 27.6 Å². The van der Waals surface area contributed by atoms with Crippen molar-refractivity contribution < 1.29 is 9.21 Å². The summed E-state index contributed by atoms with van der Waals surface area (Å²) in [6.07, 6.45) is 2.53. The quantitative estimate of drug-likeness (QED) is 0.855. The van der Waals surface area contributed by atoms with Gasteiger partial charge in [-0.1, -0.05) is 30.1 Å². The third-order valence-corrected chi connectivity index (χ3v) is 4.73. The Bertz CT molecular complexity index is 750. The molecule has 1 aromatic heterocycles. The summed E-state index contributed by atoms with van der Waals surface area (Å²) in [5, 5.41) is 12.3. The number of carbonyl (C=O) groups is 1. The van der Waals surface area contributed by atoms with Gasteiger partial charge in [0.05, 0.1) is 17.1 Å². The fourth-order valence-electron chi connectivity index (χ4n) is 2.93. The number of piperidine rings is 1. The zero-order valence-corrected chi connectivity index (χ0v) is 15.5. The minimum absolute atomic E-state index is 0.0873. The maximum atomic E-state index is 11.6. The van der Waals surface area contributed by atoms with Gasteiger partial charge in [-0.25, -0.2) is 0 Å². The number of aromatic nitrogens is 2. The second-order valence-electron chi connectivity index (χ2n) is 6.12. The van der Waals surface area contributed by atoms with Crippen LogP contribution in [0.3, 0.4) is 0 Å². The molecule has 2 heterocycles. The van der Waals surface area contributed by atoms with Crippen molar-refractivity contribution in [1.29, 1.82) is 0 Å². The van der Waals surface area contributed by atoms with E-state index in [1.807, 2.05) is 6.92 Å². The summed E-state index contributed by atoms with van der Waals surface area (Å²) >= 11 is 12.1. The standard InChI is InChI=1S/C17H20Cl2N4O2/c1-2-15(24)20-12-4-3-7-23(9-12)10-16-21-22-17(25-16)13-6-5-11(18)8-14(13)19/h5-6,8,12H,2-4,7,9-10H2,1H3,(H,20,24). The van der Waals surface area contributed by atoms with E-state index < -0.39 is 0 Å². The molecular weight excluding hydrogens is 363 g/mol. The third-order valence-electron chi connectivity index (χ3n) is 4.18. The number of halogens is 2. The van der Waals surface area contributed by atoms with E-state index in [-0.39, 0.29) is 11.9 Å². The minimum atomic E-state index is 0.0873. The lowest BCUT2D eigenvalue weighted by Gasteiger charge is -2.32. The van der Waals surface area contributed by atoms with Crippen LogP contribution in [-0.4, -0.2) is 40.1 Å². The molecule has 1 aliphatic heterocycles. The molecule has 134 valence electrons. The van der Waals surface area contributed by atoms with Gasteiger partial charge in [-0.3, -0.25) is 9.69 Å². The number of carbonyl (C=O) groups excluding carboxylic acids is 1. The highest BCUT2D eigenvalue weighted by atomic mass is 35.5. The second-order valence-corrected chi connectivity index (χ2v) is 6.96. The molecule has 3 rings (SSSR count). The molecule has 1 unspecified atom stereocenters. The Morgan fingerprint density at radius 1 is 1.40 bits per heavy atom. The molecule has 1 N–H and O–H groups in total. The Balaban J connectivity index is 1.64. The molecule has 6 nitrogen and oxygen atoms in total. The third kappa shape index (κ3) is 4.71. The lowest BCUT2D eigenvalue weighted by Crippen LogP contribution is -2.47. The predicted octanol–water partition coefficient (Wildman–Crippen LogP) is 3.53. The average molecular weight is 383 g/mol. The maximum Gasteiger partial charge on any atom is 0.249 e. The van der Waals surface area contributed by atoms with Crippen LogP contribution in [0.5, 0.6) is 0 Å². The molecule has 0 saturated carbocycles. The van der Waals surface area contributed by atoms with Crippen molar-refractivity contribution in [3.05, 3.63) is 34.1 Å². The summed E-state index contributed by atoms with van der Waals surface area (Å²) in [4.78, 5) is 13.8. The Kier molecular flexibility index (Phi) is 5.93. The highest BCUT2D eigenvalue weighted by Gasteiger charge is 2.23. The SMILES string of the molecule is CCC(=O)NC1CCCN(Cc2nnc(-c3ccc(Cl)cc3Cl)o2)C1. The monoisotopic (exact) mass is 382 g/mol. The van der Waals surface area contributed by atoms with Crippen molar-refractivity contribution >= 4 is 29.1 Å². The van der Waals surface area contributed by atoms with E-state index in [0.717, 1.165) is 25.9 Å². The van der Waals surface area contributed by atoms with Gasteiger partial charge in [-0.15, -0.1) is 10.2 Å². The molecule has 0 radical (unpaired) electrons. The number of nitrogens with one attached hydrogen (secondary N) is 1. The topological polar surface area (TPSA) is 71.3 Å². The number of nitrogens with zero attached hydrogens (tertiary/aromatic N) is 3. The summed E-state index contributed by atoms with van der Waals surface area (Å²) < 4.78 is 5.75. The zero-order chi connectivity index (χ0) is 17.8. The fourth-order valence-corrected chi connectivity index (χ4v) is 3.42. The summed E-state index contributed by atoms with van der Waals surface area (Å²) in [6.45, 7) is 4.14. The number of benzene rings is 1. The lowest BCUT2D eigenvalue weighted by atomic mass is 10.1. The van der Waals surface area contributed by atoms with Crippen molar-refractivity contribution in [2.24, 2.45) is 0 Å². The molecule has 1 amide bonds. The molecule has 1 aromatic carbocycles. The van der Waals surface area contributed by atoms with Crippen molar-refractivity contribution in [2.45, 2.75) is 38.8 Å². The van der Waals surface area contributed by atoms with Gasteiger partial charge in [0.15, 0.2) is 0 Å². The Labute approximate surface area is 156 Å². The van der Waals surface area contributed by atoms with E-state index in [1.54, 1.807) is 18.2 Å². The molecule has 0 bridgehead atoms. The van der Waals surface area contributed by atoms with Crippen LogP contribution < -0.4 is 5.32 Å². The Hall–Kier alpha value is -1.63. The van der Waals surface area contributed by atoms with Crippen molar-refractivity contribution in [3.8, 4) is 11.5 Å². The first kappa shape index (κ1) is 18.2. The van der Waals surface area contributed by atoms with Crippen molar-refractivity contribution in [3.63, 3.8) is 0 Å². The summed E-state index contributed by atoms with van der Waals surface area (Å²) in [5.74, 6) is 0.998. The number of hydrogen-bond acceptors (Lipinski definition) is 5. The average Bonchev–Trinajstić information content (AvgIpc) is 3.03. The first-order valence-corrected chi connectivity index (χ1v) is 9.10. The number of rotatable bonds is 5. The van der Waals surface area contributed by atoms with E-state index >= 15 is 0 Å². The molecule has 1 fully saturated rings. The first-order chi connectivity index (χ1) is 12.0. The number of hydrogen-bond donors (Lipinski definition) is 1. The second kappa shape index (κ2) is 8.17. The van der Waals surface area contributed by atoms with E-state index in [1.165, 1.54) is 0 Å². The van der Waals surface area contributed by atoms with Gasteiger partial charge < -0.3 is 9.73 Å². The van der Waals surface area contributed by atoms with Crippen molar-refractivity contribution in [1.82, 2.24) is 20.4 Å². The normalized spacial score (nSPS) is 18.3. The molecule has 1 atom stereocenters. The van der Waals surface area contributed by atoms with Gasteiger partial charge in [-0.05, 0) is 37.6 Å². The minimum Gasteiger partial charge on any atom is -0.419 e. The van der Waals surface area contributed by atoms with Crippen molar-refractivity contribution in [2.75, 3.05) is 13.1 Å². The van der Waals surface area contributed by atoms with Crippen LogP contribution in [0.4, 0.5) is 0 Å². The van der Waals surface area contributed by atoms with Crippen LogP contribution in [0.25, 0.3) is 11.5 Å². The van der Waals surface area contributed by atoms with Gasteiger partial charge in [0.1, 0.15) is 0 Å². The van der Waals surface area contributed by atoms with Crippen LogP contribution in [0.15, 0.2) is 22.6 Å².